The van der Waals surface area contributed by atoms with Crippen LogP contribution >= 0.6 is 11.8 Å². The molecule has 0 spiro atoms. The van der Waals surface area contributed by atoms with Gasteiger partial charge in [-0.15, -0.1) is 5.10 Å². The van der Waals surface area contributed by atoms with Crippen molar-refractivity contribution in [1.29, 1.82) is 0 Å². The molecule has 0 N–H and O–H groups in total. The predicted molar refractivity (Wildman–Crippen MR) is 93.0 cm³/mol. The van der Waals surface area contributed by atoms with Gasteiger partial charge in [-0.2, -0.15) is 0 Å². The van der Waals surface area contributed by atoms with Gasteiger partial charge >= 0.3 is 0 Å². The number of benzene rings is 1. The Morgan fingerprint density at radius 1 is 1.13 bits per heavy atom. The Balaban J connectivity index is 2.12. The van der Waals surface area contributed by atoms with E-state index in [9.17, 15) is 4.79 Å². The van der Waals surface area contributed by atoms with E-state index in [2.05, 4.69) is 36.3 Å². The first-order valence-electron chi connectivity index (χ1n) is 7.79. The molecule has 0 bridgehead atoms. The number of carbonyl (C=O) groups excluding carboxylic acids is 1. The molecule has 1 unspecified atom stereocenters. The third kappa shape index (κ3) is 4.19. The van der Waals surface area contributed by atoms with E-state index in [1.165, 1.54) is 17.3 Å². The van der Waals surface area contributed by atoms with Crippen LogP contribution < -0.4 is 0 Å². The minimum absolute atomic E-state index is 0.0846. The van der Waals surface area contributed by atoms with Gasteiger partial charge in [-0.3, -0.25) is 4.79 Å². The predicted octanol–water partition coefficient (Wildman–Crippen LogP) is 3.92. The third-order valence-corrected chi connectivity index (χ3v) is 4.69. The topological polar surface area (TPSA) is 60.7 Å². The lowest BCUT2D eigenvalue weighted by atomic mass is 9.86. The Morgan fingerprint density at radius 3 is 2.26 bits per heavy atom. The number of thioether (sulfide) groups is 1. The summed E-state index contributed by atoms with van der Waals surface area (Å²) in [6.07, 6.45) is 0. The Morgan fingerprint density at radius 2 is 1.74 bits per heavy atom. The molecule has 0 saturated heterocycles. The van der Waals surface area contributed by atoms with Crippen molar-refractivity contribution in [2.24, 2.45) is 0 Å². The highest BCUT2D eigenvalue weighted by Crippen LogP contribution is 2.26. The molecule has 0 amide bonds. The summed E-state index contributed by atoms with van der Waals surface area (Å²) in [5.74, 6) is 0.0914. The average Bonchev–Trinajstić information content (AvgIpc) is 2.94. The van der Waals surface area contributed by atoms with Gasteiger partial charge in [0.15, 0.2) is 5.78 Å². The van der Waals surface area contributed by atoms with Crippen LogP contribution in [0.2, 0.25) is 0 Å². The van der Waals surface area contributed by atoms with E-state index in [-0.39, 0.29) is 22.5 Å². The highest BCUT2D eigenvalue weighted by molar-refractivity contribution is 8.00. The Kier molecular flexibility index (Phi) is 5.24. The monoisotopic (exact) mass is 332 g/mol. The Labute approximate surface area is 141 Å². The molecule has 23 heavy (non-hydrogen) atoms. The number of carbonyl (C=O) groups is 1. The number of nitrogens with zero attached hydrogens (tertiary/aromatic N) is 4. The van der Waals surface area contributed by atoms with Crippen molar-refractivity contribution in [1.82, 2.24) is 20.2 Å². The Hall–Kier alpha value is -1.69. The maximum absolute atomic E-state index is 12.6. The summed E-state index contributed by atoms with van der Waals surface area (Å²) < 4.78 is 1.73. The number of rotatable bonds is 5. The van der Waals surface area contributed by atoms with E-state index < -0.39 is 0 Å². The van der Waals surface area contributed by atoms with Crippen LogP contribution in [0.5, 0.6) is 0 Å². The molecule has 1 heterocycles. The lowest BCUT2D eigenvalue weighted by molar-refractivity contribution is 0.0993. The standard InChI is InChI=1S/C17H24N4OS/c1-11(2)21-16(18-19-20-21)23-12(3)15(22)13-7-9-14(10-8-13)17(4,5)6/h7-12H,1-6H3. The van der Waals surface area contributed by atoms with Gasteiger partial charge in [0.1, 0.15) is 0 Å². The second kappa shape index (κ2) is 6.83. The molecule has 0 aliphatic carbocycles. The van der Waals surface area contributed by atoms with Gasteiger partial charge in [-0.25, -0.2) is 4.68 Å². The highest BCUT2D eigenvalue weighted by atomic mass is 32.2. The maximum Gasteiger partial charge on any atom is 0.210 e. The molecule has 5 nitrogen and oxygen atoms in total. The SMILES string of the molecule is CC(Sc1nnnn1C(C)C)C(=O)c1ccc(C(C)(C)C)cc1. The molecule has 0 aliphatic rings. The summed E-state index contributed by atoms with van der Waals surface area (Å²) >= 11 is 1.40. The van der Waals surface area contributed by atoms with Crippen LogP contribution in [0.3, 0.4) is 0 Å². The molecule has 0 radical (unpaired) electrons. The lowest BCUT2D eigenvalue weighted by Crippen LogP contribution is -2.16. The van der Waals surface area contributed by atoms with Crippen molar-refractivity contribution in [3.05, 3.63) is 35.4 Å². The largest absolute Gasteiger partial charge is 0.293 e. The minimum atomic E-state index is -0.237. The van der Waals surface area contributed by atoms with E-state index in [1.54, 1.807) is 4.68 Å². The average molecular weight is 332 g/mol. The van der Waals surface area contributed by atoms with Crippen LogP contribution in [-0.2, 0) is 5.41 Å². The van der Waals surface area contributed by atoms with Crippen molar-refractivity contribution >= 4 is 17.5 Å². The van der Waals surface area contributed by atoms with Gasteiger partial charge in [0.25, 0.3) is 0 Å². The van der Waals surface area contributed by atoms with Crippen molar-refractivity contribution in [2.75, 3.05) is 0 Å². The van der Waals surface area contributed by atoms with Gasteiger partial charge in [-0.1, -0.05) is 56.8 Å². The fourth-order valence-electron chi connectivity index (χ4n) is 2.17. The van der Waals surface area contributed by atoms with Gasteiger partial charge in [0, 0.05) is 5.56 Å². The van der Waals surface area contributed by atoms with Crippen molar-refractivity contribution < 1.29 is 4.79 Å². The van der Waals surface area contributed by atoms with Crippen LogP contribution in [0.15, 0.2) is 29.4 Å². The van der Waals surface area contributed by atoms with Gasteiger partial charge in [0.2, 0.25) is 5.16 Å². The van der Waals surface area contributed by atoms with Crippen molar-refractivity contribution in [2.45, 2.75) is 63.4 Å². The second-order valence-electron chi connectivity index (χ2n) is 6.95. The van der Waals surface area contributed by atoms with Crippen molar-refractivity contribution in [3.8, 4) is 0 Å². The van der Waals surface area contributed by atoms with Crippen LogP contribution in [0.25, 0.3) is 0 Å². The first kappa shape index (κ1) is 17.7. The summed E-state index contributed by atoms with van der Waals surface area (Å²) in [5.41, 5.74) is 2.03. The summed E-state index contributed by atoms with van der Waals surface area (Å²) in [6.45, 7) is 12.4. The van der Waals surface area contributed by atoms with Crippen LogP contribution in [0.4, 0.5) is 0 Å². The number of aromatic nitrogens is 4. The number of hydrogen-bond donors (Lipinski definition) is 0. The second-order valence-corrected chi connectivity index (χ2v) is 8.26. The summed E-state index contributed by atoms with van der Waals surface area (Å²) in [7, 11) is 0. The zero-order valence-corrected chi connectivity index (χ0v) is 15.4. The molecule has 124 valence electrons. The minimum Gasteiger partial charge on any atom is -0.293 e. The summed E-state index contributed by atoms with van der Waals surface area (Å²) in [4.78, 5) is 12.6. The van der Waals surface area contributed by atoms with Crippen LogP contribution in [0.1, 0.15) is 63.5 Å². The van der Waals surface area contributed by atoms with Crippen LogP contribution in [-0.4, -0.2) is 31.2 Å². The normalized spacial score (nSPS) is 13.3. The van der Waals surface area contributed by atoms with E-state index in [0.717, 1.165) is 5.56 Å². The van der Waals surface area contributed by atoms with Crippen molar-refractivity contribution in [3.63, 3.8) is 0 Å². The molecule has 1 aromatic carbocycles. The molecule has 1 atom stereocenters. The molecular weight excluding hydrogens is 308 g/mol. The molecule has 1 aromatic heterocycles. The number of hydrogen-bond acceptors (Lipinski definition) is 5. The number of tetrazole rings is 1. The smallest absolute Gasteiger partial charge is 0.210 e. The quantitative estimate of drug-likeness (QED) is 0.613. The molecule has 2 rings (SSSR count). The van der Waals surface area contributed by atoms with Gasteiger partial charge in [-0.05, 0) is 42.2 Å². The van der Waals surface area contributed by atoms with E-state index in [1.807, 2.05) is 45.0 Å². The third-order valence-electron chi connectivity index (χ3n) is 3.64. The molecular formula is C17H24N4OS. The zero-order chi connectivity index (χ0) is 17.2. The molecule has 0 fully saturated rings. The molecule has 6 heteroatoms. The molecule has 0 aliphatic heterocycles. The summed E-state index contributed by atoms with van der Waals surface area (Å²) in [5, 5.41) is 12.1. The van der Waals surface area contributed by atoms with E-state index in [4.69, 9.17) is 0 Å². The van der Waals surface area contributed by atoms with E-state index in [0.29, 0.717) is 5.16 Å². The fourth-order valence-corrected chi connectivity index (χ4v) is 3.17. The first-order valence-corrected chi connectivity index (χ1v) is 8.67. The Bertz CT molecular complexity index is 671. The van der Waals surface area contributed by atoms with Gasteiger partial charge in [0.05, 0.1) is 11.3 Å². The molecule has 2 aromatic rings. The highest BCUT2D eigenvalue weighted by Gasteiger charge is 2.21. The molecule has 0 saturated carbocycles. The van der Waals surface area contributed by atoms with Gasteiger partial charge < -0.3 is 0 Å². The number of Topliss-reactive ketones (excluding diaryl/α,β-unsaturated/α-hetero) is 1. The summed E-state index contributed by atoms with van der Waals surface area (Å²) in [6, 6.07) is 8.04. The lowest BCUT2D eigenvalue weighted by Gasteiger charge is -2.19. The number of ketones is 1. The maximum atomic E-state index is 12.6. The van der Waals surface area contributed by atoms with Crippen LogP contribution in [0, 0.1) is 0 Å². The first-order chi connectivity index (χ1) is 10.7. The zero-order valence-electron chi connectivity index (χ0n) is 14.6. The van der Waals surface area contributed by atoms with E-state index >= 15 is 0 Å². The fraction of sp³-hybridized carbons (Fsp3) is 0.529.